The molecule has 4 heteroatoms. The molecule has 4 fully saturated rings. The quantitative estimate of drug-likeness (QED) is 0.187. The molecule has 0 atom stereocenters. The minimum absolute atomic E-state index is 0.141. The lowest BCUT2D eigenvalue weighted by Crippen LogP contribution is -2.56. The van der Waals surface area contributed by atoms with E-state index < -0.39 is 0 Å². The molecule has 1 N–H and O–H groups in total. The number of fused-ring (bicyclic) bond motifs is 2. The molecule has 1 aromatic heterocycles. The van der Waals surface area contributed by atoms with Crippen LogP contribution in [-0.2, 0) is 0 Å². The van der Waals surface area contributed by atoms with Crippen LogP contribution in [0.15, 0.2) is 112 Å². The molecule has 4 saturated carbocycles. The van der Waals surface area contributed by atoms with Gasteiger partial charge in [-0.25, -0.2) is 0 Å². The van der Waals surface area contributed by atoms with Crippen LogP contribution in [0.25, 0.3) is 5.57 Å². The zero-order chi connectivity index (χ0) is 36.6. The van der Waals surface area contributed by atoms with Gasteiger partial charge in [-0.3, -0.25) is 4.49 Å². The van der Waals surface area contributed by atoms with E-state index in [4.69, 9.17) is 0 Å². The second-order valence-corrected chi connectivity index (χ2v) is 19.0. The lowest BCUT2D eigenvalue weighted by Gasteiger charge is -2.29. The van der Waals surface area contributed by atoms with E-state index in [1.165, 1.54) is 177 Å². The standard InChI is InChI=1S/C51H59BN2S/c1-6-20-36(21-7-1)41-34-45(38-24-10-3-11-25-38)53-50(41)49(40-28-14-5-15-29-40)51-42(37-22-8-2-9-23-37)35-46(39-26-12-4-13-27-39)54(51)52-43-30-16-18-32-47(43)55-48-33-19-17-31-44(48)52/h5,14-19,28-39H,1-4,6-13,20-27H2/p+1. The minimum atomic E-state index is 0.141. The number of aromatic amines is 1. The summed E-state index contributed by atoms with van der Waals surface area (Å²) in [6.07, 6.45) is 29.7. The average molecular weight is 744 g/mol. The van der Waals surface area contributed by atoms with Crippen LogP contribution in [-0.4, -0.2) is 22.0 Å². The van der Waals surface area contributed by atoms with Crippen LogP contribution in [0.1, 0.15) is 163 Å². The van der Waals surface area contributed by atoms with Crippen molar-refractivity contribution in [3.05, 3.63) is 125 Å². The monoisotopic (exact) mass is 743 g/mol. The van der Waals surface area contributed by atoms with Gasteiger partial charge < -0.3 is 4.98 Å². The largest absolute Gasteiger partial charge is 0.562 e. The molecule has 0 radical (unpaired) electrons. The van der Waals surface area contributed by atoms with Crippen molar-refractivity contribution in [1.82, 2.24) is 4.98 Å². The lowest BCUT2D eigenvalue weighted by molar-refractivity contribution is -0.319. The maximum atomic E-state index is 4.38. The average Bonchev–Trinajstić information content (AvgIpc) is 3.88. The Bertz CT molecular complexity index is 2030. The number of rotatable bonds is 7. The van der Waals surface area contributed by atoms with Crippen LogP contribution in [0, 0.1) is 11.8 Å². The molecule has 3 aromatic carbocycles. The molecule has 4 aromatic rings. The Kier molecular flexibility index (Phi) is 10.5. The van der Waals surface area contributed by atoms with Gasteiger partial charge in [-0.2, -0.15) is 0 Å². The Labute approximate surface area is 335 Å². The van der Waals surface area contributed by atoms with Gasteiger partial charge in [0.1, 0.15) is 0 Å². The summed E-state index contributed by atoms with van der Waals surface area (Å²) < 4.78 is 2.99. The molecule has 0 bridgehead atoms. The number of benzene rings is 3. The molecule has 0 saturated heterocycles. The zero-order valence-electron chi connectivity index (χ0n) is 33.0. The van der Waals surface area contributed by atoms with E-state index in [0.29, 0.717) is 23.7 Å². The SMILES string of the molecule is C1=C(C2CCCCC2)/C(=C(\c2ccccc2)c2[nH]c(C3CCCCC3)cc2C2CCCCC2)[N+](B2c3ccccc3Sc3ccccc32)=C1C1CCCCC1. The predicted molar refractivity (Wildman–Crippen MR) is 233 cm³/mol. The second kappa shape index (κ2) is 16.2. The van der Waals surface area contributed by atoms with E-state index in [-0.39, 0.29) is 6.85 Å². The number of hydrogen-bond acceptors (Lipinski definition) is 1. The van der Waals surface area contributed by atoms with E-state index in [9.17, 15) is 0 Å². The summed E-state index contributed by atoms with van der Waals surface area (Å²) in [6.45, 7) is 0.141. The maximum Gasteiger partial charge on any atom is 0.562 e. The van der Waals surface area contributed by atoms with Gasteiger partial charge in [0.2, 0.25) is 0 Å². The molecule has 3 heterocycles. The molecule has 2 aliphatic heterocycles. The molecule has 10 rings (SSSR count). The van der Waals surface area contributed by atoms with Crippen molar-refractivity contribution in [2.45, 2.75) is 150 Å². The van der Waals surface area contributed by atoms with E-state index in [1.54, 1.807) is 16.8 Å². The summed E-state index contributed by atoms with van der Waals surface area (Å²) in [5.41, 5.74) is 15.2. The fourth-order valence-electron chi connectivity index (χ4n) is 11.8. The number of aromatic nitrogens is 1. The van der Waals surface area contributed by atoms with E-state index in [0.717, 1.165) is 0 Å². The van der Waals surface area contributed by atoms with Gasteiger partial charge in [-0.1, -0.05) is 156 Å². The zero-order valence-corrected chi connectivity index (χ0v) is 33.9. The number of hydrogen-bond donors (Lipinski definition) is 1. The molecule has 4 aliphatic carbocycles. The number of nitrogens with one attached hydrogen (secondary N) is 1. The third-order valence-corrected chi connectivity index (χ3v) is 15.8. The van der Waals surface area contributed by atoms with Crippen molar-refractivity contribution in [2.24, 2.45) is 11.8 Å². The van der Waals surface area contributed by atoms with Gasteiger partial charge in [0.05, 0.1) is 11.3 Å². The summed E-state index contributed by atoms with van der Waals surface area (Å²) in [7, 11) is 0. The molecular formula is C51H60BN2S+. The van der Waals surface area contributed by atoms with Crippen molar-refractivity contribution >= 4 is 40.8 Å². The van der Waals surface area contributed by atoms with E-state index >= 15 is 0 Å². The summed E-state index contributed by atoms with van der Waals surface area (Å²) in [4.78, 5) is 7.22. The third-order valence-electron chi connectivity index (χ3n) is 14.6. The van der Waals surface area contributed by atoms with Crippen LogP contribution in [0.5, 0.6) is 0 Å². The fraction of sp³-hybridized carbons (Fsp3) is 0.471. The summed E-state index contributed by atoms with van der Waals surface area (Å²) in [6, 6.07) is 33.3. The van der Waals surface area contributed by atoms with Crippen LogP contribution in [0.2, 0.25) is 0 Å². The molecular weight excluding hydrogens is 683 g/mol. The molecule has 0 amide bonds. The van der Waals surface area contributed by atoms with Crippen LogP contribution >= 0.6 is 11.8 Å². The normalized spacial score (nSPS) is 22.8. The minimum Gasteiger partial charge on any atom is -0.358 e. The summed E-state index contributed by atoms with van der Waals surface area (Å²) >= 11 is 1.98. The van der Waals surface area contributed by atoms with Gasteiger partial charge in [0.15, 0.2) is 11.4 Å². The highest BCUT2D eigenvalue weighted by atomic mass is 32.2. The van der Waals surface area contributed by atoms with Crippen molar-refractivity contribution in [3.63, 3.8) is 0 Å². The van der Waals surface area contributed by atoms with E-state index in [2.05, 4.69) is 100 Å². The van der Waals surface area contributed by atoms with Crippen molar-refractivity contribution in [2.75, 3.05) is 0 Å². The Morgan fingerprint density at radius 2 is 1.05 bits per heavy atom. The molecule has 282 valence electrons. The topological polar surface area (TPSA) is 18.8 Å². The molecule has 55 heavy (non-hydrogen) atoms. The highest BCUT2D eigenvalue weighted by Gasteiger charge is 2.51. The van der Waals surface area contributed by atoms with Gasteiger partial charge in [-0.15, -0.1) is 0 Å². The van der Waals surface area contributed by atoms with E-state index in [1.807, 2.05) is 11.8 Å². The first-order valence-corrected chi connectivity index (χ1v) is 23.4. The first kappa shape index (κ1) is 35.9. The van der Waals surface area contributed by atoms with Crippen molar-refractivity contribution in [1.29, 1.82) is 0 Å². The molecule has 6 aliphatic rings. The van der Waals surface area contributed by atoms with Crippen LogP contribution < -0.4 is 10.9 Å². The van der Waals surface area contributed by atoms with Crippen LogP contribution in [0.3, 0.4) is 0 Å². The predicted octanol–water partition coefficient (Wildman–Crippen LogP) is 12.7. The van der Waals surface area contributed by atoms with Gasteiger partial charge >= 0.3 is 6.85 Å². The Balaban J connectivity index is 1.30. The molecule has 0 spiro atoms. The first-order valence-electron chi connectivity index (χ1n) is 22.6. The fourth-order valence-corrected chi connectivity index (χ4v) is 12.9. The van der Waals surface area contributed by atoms with Gasteiger partial charge in [0, 0.05) is 44.0 Å². The Morgan fingerprint density at radius 1 is 0.545 bits per heavy atom. The van der Waals surface area contributed by atoms with Crippen molar-refractivity contribution < 1.29 is 4.49 Å². The van der Waals surface area contributed by atoms with Gasteiger partial charge in [0.25, 0.3) is 0 Å². The third kappa shape index (κ3) is 6.98. The number of allylic oxidation sites excluding steroid dienone is 2. The summed E-state index contributed by atoms with van der Waals surface area (Å²) in [5.74, 6) is 2.47. The molecule has 2 nitrogen and oxygen atoms in total. The second-order valence-electron chi connectivity index (χ2n) is 18.0. The Hall–Kier alpha value is -3.50. The van der Waals surface area contributed by atoms with Gasteiger partial charge in [-0.05, 0) is 98.4 Å². The van der Waals surface area contributed by atoms with Crippen LogP contribution in [0.4, 0.5) is 0 Å². The van der Waals surface area contributed by atoms with Crippen molar-refractivity contribution in [3.8, 4) is 0 Å². The number of H-pyrrole nitrogens is 1. The smallest absolute Gasteiger partial charge is 0.358 e. The lowest BCUT2D eigenvalue weighted by atomic mass is 9.49. The Morgan fingerprint density at radius 3 is 1.65 bits per heavy atom. The highest BCUT2D eigenvalue weighted by Crippen LogP contribution is 2.48. The highest BCUT2D eigenvalue weighted by molar-refractivity contribution is 8.00. The molecule has 0 unspecified atom stereocenters. The first-order chi connectivity index (χ1) is 27.3. The maximum absolute atomic E-state index is 4.38. The summed E-state index contributed by atoms with van der Waals surface area (Å²) in [5, 5.41) is 0. The number of nitrogens with zero attached hydrogens (tertiary/aromatic N) is 1.